The number of aromatic nitrogens is 4. The normalized spacial score (nSPS) is 17.2. The number of nitrogen functional groups attached to an aromatic ring is 1. The van der Waals surface area contributed by atoms with E-state index in [4.69, 9.17) is 15.7 Å². The Morgan fingerprint density at radius 2 is 1.89 bits per heavy atom. The van der Waals surface area contributed by atoms with Gasteiger partial charge >= 0.3 is 0 Å². The van der Waals surface area contributed by atoms with E-state index in [0.29, 0.717) is 35.6 Å². The Kier molecular flexibility index (Phi) is 7.18. The second kappa shape index (κ2) is 10.0. The Morgan fingerprint density at radius 1 is 1.14 bits per heavy atom. The number of carbonyl (C=O) groups excluding carboxylic acids is 1. The molecule has 1 aliphatic heterocycles. The molecule has 3 N–H and O–H groups in total. The maximum absolute atomic E-state index is 13.4. The molecule has 0 bridgehead atoms. The maximum atomic E-state index is 13.4. The maximum Gasteiger partial charge on any atom is 0.281 e. The average molecular weight is 524 g/mol. The van der Waals surface area contributed by atoms with Gasteiger partial charge in [0.05, 0.1) is 23.1 Å². The Morgan fingerprint density at radius 3 is 2.54 bits per heavy atom. The zero-order valence-electron chi connectivity index (χ0n) is 21.8. The lowest BCUT2D eigenvalue weighted by Gasteiger charge is -2.36. The Hall–Kier alpha value is -3.60. The number of hydrogen-bond acceptors (Lipinski definition) is 9. The summed E-state index contributed by atoms with van der Waals surface area (Å²) >= 11 is 0. The third-order valence-electron chi connectivity index (χ3n) is 6.87. The molecule has 1 atom stereocenters. The Bertz CT molecular complexity index is 1420. The second-order valence-electron chi connectivity index (χ2n) is 10.4. The molecule has 0 aromatic carbocycles. The van der Waals surface area contributed by atoms with Gasteiger partial charge in [0, 0.05) is 18.3 Å². The molecule has 0 spiro atoms. The predicted octanol–water partition coefficient (Wildman–Crippen LogP) is 3.46. The molecule has 0 aliphatic carbocycles. The van der Waals surface area contributed by atoms with E-state index in [2.05, 4.69) is 54.2 Å². The van der Waals surface area contributed by atoms with Crippen LogP contribution in [-0.2, 0) is 16.4 Å². The summed E-state index contributed by atoms with van der Waals surface area (Å²) in [5.74, 6) is 0.394. The van der Waals surface area contributed by atoms with E-state index in [-0.39, 0.29) is 21.9 Å². The third kappa shape index (κ3) is 5.56. The van der Waals surface area contributed by atoms with Crippen molar-refractivity contribution in [1.82, 2.24) is 24.7 Å². The van der Waals surface area contributed by atoms with E-state index in [1.807, 2.05) is 0 Å². The number of nitrogens with one attached hydrogen (secondary N) is 1. The van der Waals surface area contributed by atoms with E-state index >= 15 is 0 Å². The van der Waals surface area contributed by atoms with Crippen molar-refractivity contribution in [1.29, 1.82) is 0 Å². The molecule has 4 heterocycles. The molecule has 4 rings (SSSR count). The number of sulfonamides is 1. The van der Waals surface area contributed by atoms with Gasteiger partial charge in [-0.3, -0.25) is 9.78 Å². The molecule has 1 unspecified atom stereocenters. The first-order valence-corrected chi connectivity index (χ1v) is 13.8. The number of pyridine rings is 2. The van der Waals surface area contributed by atoms with Crippen molar-refractivity contribution in [3.05, 3.63) is 54.0 Å². The molecule has 10 nitrogen and oxygen atoms in total. The summed E-state index contributed by atoms with van der Waals surface area (Å²) in [4.78, 5) is 33.2. The summed E-state index contributed by atoms with van der Waals surface area (Å²) < 4.78 is 27.9. The van der Waals surface area contributed by atoms with Gasteiger partial charge in [0.2, 0.25) is 0 Å². The smallest absolute Gasteiger partial charge is 0.281 e. The molecule has 196 valence electrons. The van der Waals surface area contributed by atoms with Crippen LogP contribution in [0.25, 0.3) is 11.4 Å². The zero-order valence-corrected chi connectivity index (χ0v) is 22.6. The number of rotatable bonds is 7. The second-order valence-corrected chi connectivity index (χ2v) is 12.0. The highest BCUT2D eigenvalue weighted by molar-refractivity contribution is 7.90. The van der Waals surface area contributed by atoms with Crippen molar-refractivity contribution in [3.8, 4) is 11.4 Å². The number of nitrogens with zero attached hydrogens (tertiary/aromatic N) is 5. The van der Waals surface area contributed by atoms with Gasteiger partial charge in [-0.1, -0.05) is 26.8 Å². The van der Waals surface area contributed by atoms with Crippen LogP contribution in [0, 0.1) is 11.8 Å². The lowest BCUT2D eigenvalue weighted by atomic mass is 9.90. The van der Waals surface area contributed by atoms with Crippen LogP contribution in [0.1, 0.15) is 57.1 Å². The van der Waals surface area contributed by atoms with Gasteiger partial charge in [0.1, 0.15) is 17.3 Å². The SMILES string of the molecule is CC(C)Cc1cncc(-c2ccc(C(=O)NS(=O)(=O)c3cccc(N)n3)c(N3CCC(C)C3(C)C)n2)n1. The summed E-state index contributed by atoms with van der Waals surface area (Å²) in [5, 5.41) is -0.334. The molecule has 1 fully saturated rings. The van der Waals surface area contributed by atoms with Gasteiger partial charge in [-0.05, 0) is 62.8 Å². The zero-order chi connectivity index (χ0) is 27.0. The first-order chi connectivity index (χ1) is 17.4. The highest BCUT2D eigenvalue weighted by atomic mass is 32.2. The fraction of sp³-hybridized carbons (Fsp3) is 0.423. The minimum atomic E-state index is -4.25. The van der Waals surface area contributed by atoms with Crippen LogP contribution >= 0.6 is 0 Å². The summed E-state index contributed by atoms with van der Waals surface area (Å²) in [6, 6.07) is 7.47. The summed E-state index contributed by atoms with van der Waals surface area (Å²) in [6.07, 6.45) is 5.08. The third-order valence-corrected chi connectivity index (χ3v) is 8.11. The highest BCUT2D eigenvalue weighted by Gasteiger charge is 2.41. The van der Waals surface area contributed by atoms with E-state index in [0.717, 1.165) is 18.5 Å². The molecule has 1 aliphatic rings. The van der Waals surface area contributed by atoms with Crippen LogP contribution in [-0.4, -0.2) is 46.3 Å². The van der Waals surface area contributed by atoms with Crippen LogP contribution in [0.2, 0.25) is 0 Å². The molecule has 11 heteroatoms. The van der Waals surface area contributed by atoms with Crippen molar-refractivity contribution in [2.24, 2.45) is 11.8 Å². The van der Waals surface area contributed by atoms with Crippen LogP contribution in [0.5, 0.6) is 0 Å². The van der Waals surface area contributed by atoms with Crippen molar-refractivity contribution in [2.45, 2.75) is 58.0 Å². The van der Waals surface area contributed by atoms with Gasteiger partial charge in [0.25, 0.3) is 15.9 Å². The minimum absolute atomic E-state index is 0.0376. The fourth-order valence-electron chi connectivity index (χ4n) is 4.44. The monoisotopic (exact) mass is 523 g/mol. The van der Waals surface area contributed by atoms with Gasteiger partial charge in [-0.2, -0.15) is 8.42 Å². The summed E-state index contributed by atoms with van der Waals surface area (Å²) in [5.41, 5.74) is 7.48. The summed E-state index contributed by atoms with van der Waals surface area (Å²) in [6.45, 7) is 11.2. The van der Waals surface area contributed by atoms with E-state index in [1.54, 1.807) is 24.5 Å². The molecule has 1 saturated heterocycles. The molecule has 0 saturated carbocycles. The lowest BCUT2D eigenvalue weighted by molar-refractivity contribution is 0.0981. The lowest BCUT2D eigenvalue weighted by Crippen LogP contribution is -2.43. The molecule has 37 heavy (non-hydrogen) atoms. The number of anilines is 2. The summed E-state index contributed by atoms with van der Waals surface area (Å²) in [7, 11) is -4.25. The van der Waals surface area contributed by atoms with Gasteiger partial charge in [-0.15, -0.1) is 0 Å². The fourth-order valence-corrected chi connectivity index (χ4v) is 5.38. The van der Waals surface area contributed by atoms with E-state index < -0.39 is 15.9 Å². The van der Waals surface area contributed by atoms with Gasteiger partial charge in [-0.25, -0.2) is 19.7 Å². The van der Waals surface area contributed by atoms with E-state index in [9.17, 15) is 13.2 Å². The van der Waals surface area contributed by atoms with Crippen LogP contribution in [0.3, 0.4) is 0 Å². The number of carbonyl (C=O) groups is 1. The van der Waals surface area contributed by atoms with Crippen LogP contribution in [0.4, 0.5) is 11.6 Å². The number of hydrogen-bond donors (Lipinski definition) is 2. The van der Waals surface area contributed by atoms with Crippen LogP contribution < -0.4 is 15.4 Å². The molecular weight excluding hydrogens is 490 g/mol. The molecule has 0 radical (unpaired) electrons. The van der Waals surface area contributed by atoms with Gasteiger partial charge in [0.15, 0.2) is 5.03 Å². The molecule has 3 aromatic rings. The average Bonchev–Trinajstić information content (AvgIpc) is 3.10. The minimum Gasteiger partial charge on any atom is -0.384 e. The Labute approximate surface area is 217 Å². The first kappa shape index (κ1) is 26.5. The first-order valence-electron chi connectivity index (χ1n) is 12.3. The predicted molar refractivity (Wildman–Crippen MR) is 142 cm³/mol. The Balaban J connectivity index is 1.76. The quantitative estimate of drug-likeness (QED) is 0.475. The van der Waals surface area contributed by atoms with Crippen molar-refractivity contribution < 1.29 is 13.2 Å². The van der Waals surface area contributed by atoms with Crippen molar-refractivity contribution in [2.75, 3.05) is 17.2 Å². The molecule has 3 aromatic heterocycles. The van der Waals surface area contributed by atoms with Crippen molar-refractivity contribution in [3.63, 3.8) is 0 Å². The van der Waals surface area contributed by atoms with Gasteiger partial charge < -0.3 is 10.6 Å². The standard InChI is InChI=1S/C26H33N7O3S/c1-16(2)13-18-14-28-15-21(29-18)20-10-9-19(24(30-20)33-12-11-17(3)26(33,4)5)25(34)32-37(35,36)23-8-6-7-22(27)31-23/h6-10,14-17H,11-13H2,1-5H3,(H2,27,31)(H,32,34). The number of amides is 1. The molecule has 1 amide bonds. The van der Waals surface area contributed by atoms with Crippen LogP contribution in [0.15, 0.2) is 47.8 Å². The largest absolute Gasteiger partial charge is 0.384 e. The highest BCUT2D eigenvalue weighted by Crippen LogP contribution is 2.39. The van der Waals surface area contributed by atoms with Crippen molar-refractivity contribution >= 4 is 27.6 Å². The topological polar surface area (TPSA) is 144 Å². The van der Waals surface area contributed by atoms with E-state index in [1.165, 1.54) is 18.2 Å². The molecular formula is C26H33N7O3S. The number of nitrogens with two attached hydrogens (primary N) is 1.